The summed E-state index contributed by atoms with van der Waals surface area (Å²) in [4.78, 5) is 7.71. The van der Waals surface area contributed by atoms with Gasteiger partial charge in [0, 0.05) is 17.4 Å². The Kier molecular flexibility index (Phi) is 4.29. The minimum Gasteiger partial charge on any atom is -0.388 e. The van der Waals surface area contributed by atoms with Gasteiger partial charge in [0.25, 0.3) is 0 Å². The Bertz CT molecular complexity index is 690. The third kappa shape index (κ3) is 3.59. The van der Waals surface area contributed by atoms with Crippen LogP contribution in [0, 0.1) is 0 Å². The Morgan fingerprint density at radius 1 is 1.24 bits per heavy atom. The van der Waals surface area contributed by atoms with Crippen molar-refractivity contribution < 1.29 is 13.2 Å². The molecular weight excluding hydrogens is 325 g/mol. The molecule has 2 rings (SSSR count). The molecule has 0 saturated carbocycles. The fourth-order valence-corrected chi connectivity index (χ4v) is 1.92. The normalized spacial score (nSPS) is 11.2. The van der Waals surface area contributed by atoms with Crippen LogP contribution in [-0.2, 0) is 6.18 Å². The predicted octanol–water partition coefficient (Wildman–Crippen LogP) is 3.53. The van der Waals surface area contributed by atoms with E-state index < -0.39 is 11.7 Å². The lowest BCUT2D eigenvalue weighted by molar-refractivity contribution is -0.136. The summed E-state index contributed by atoms with van der Waals surface area (Å²) < 4.78 is 39.0. The van der Waals surface area contributed by atoms with Gasteiger partial charge in [-0.05, 0) is 18.2 Å². The van der Waals surface area contributed by atoms with Crippen LogP contribution >= 0.6 is 23.8 Å². The summed E-state index contributed by atoms with van der Waals surface area (Å²) in [7, 11) is 0. The number of nitrogens with one attached hydrogen (secondary N) is 1. The highest BCUT2D eigenvalue weighted by Gasteiger charge is 2.34. The highest BCUT2D eigenvalue weighted by Crippen LogP contribution is 2.37. The lowest BCUT2D eigenvalue weighted by atomic mass is 10.1. The molecule has 4 nitrogen and oxygen atoms in total. The van der Waals surface area contributed by atoms with E-state index in [9.17, 15) is 13.2 Å². The van der Waals surface area contributed by atoms with E-state index in [4.69, 9.17) is 29.6 Å². The van der Waals surface area contributed by atoms with E-state index in [1.165, 1.54) is 24.5 Å². The van der Waals surface area contributed by atoms with Crippen LogP contribution in [0.25, 0.3) is 0 Å². The lowest BCUT2D eigenvalue weighted by Crippen LogP contribution is -2.16. The van der Waals surface area contributed by atoms with Gasteiger partial charge in [0.2, 0.25) is 0 Å². The van der Waals surface area contributed by atoms with Gasteiger partial charge in [-0.15, -0.1) is 0 Å². The second kappa shape index (κ2) is 5.82. The zero-order valence-corrected chi connectivity index (χ0v) is 11.9. The maximum Gasteiger partial charge on any atom is 0.418 e. The van der Waals surface area contributed by atoms with Gasteiger partial charge in [-0.1, -0.05) is 23.8 Å². The third-order valence-electron chi connectivity index (χ3n) is 2.47. The van der Waals surface area contributed by atoms with Crippen LogP contribution in [0.5, 0.6) is 0 Å². The van der Waals surface area contributed by atoms with Crippen LogP contribution < -0.4 is 11.1 Å². The van der Waals surface area contributed by atoms with E-state index in [0.29, 0.717) is 0 Å². The number of hydrogen-bond donors (Lipinski definition) is 2. The number of alkyl halides is 3. The fraction of sp³-hybridized carbons (Fsp3) is 0.0833. The molecule has 0 aliphatic carbocycles. The zero-order valence-electron chi connectivity index (χ0n) is 10.3. The van der Waals surface area contributed by atoms with Gasteiger partial charge < -0.3 is 11.1 Å². The summed E-state index contributed by atoms with van der Waals surface area (Å²) in [6, 6.07) is 3.35. The number of anilines is 2. The van der Waals surface area contributed by atoms with Crippen molar-refractivity contribution in [3.8, 4) is 0 Å². The molecule has 21 heavy (non-hydrogen) atoms. The average Bonchev–Trinajstić information content (AvgIpc) is 2.40. The van der Waals surface area contributed by atoms with Crippen LogP contribution in [-0.4, -0.2) is 15.0 Å². The molecule has 2 aromatic rings. The molecule has 1 heterocycles. The third-order valence-corrected chi connectivity index (χ3v) is 2.90. The Morgan fingerprint density at radius 3 is 2.52 bits per heavy atom. The summed E-state index contributed by atoms with van der Waals surface area (Å²) >= 11 is 10.4. The first kappa shape index (κ1) is 15.5. The number of rotatable bonds is 3. The van der Waals surface area contributed by atoms with Crippen LogP contribution in [0.15, 0.2) is 30.6 Å². The second-order valence-corrected chi connectivity index (χ2v) is 4.81. The van der Waals surface area contributed by atoms with Gasteiger partial charge in [0.15, 0.2) is 5.82 Å². The van der Waals surface area contributed by atoms with Crippen molar-refractivity contribution in [2.75, 3.05) is 5.32 Å². The van der Waals surface area contributed by atoms with Crippen molar-refractivity contribution in [1.29, 1.82) is 0 Å². The van der Waals surface area contributed by atoms with Gasteiger partial charge in [0.05, 0.1) is 11.3 Å². The molecular formula is C12H8ClF3N4S. The van der Waals surface area contributed by atoms with E-state index in [2.05, 4.69) is 15.3 Å². The van der Waals surface area contributed by atoms with Crippen LogP contribution in [0.3, 0.4) is 0 Å². The number of aromatic nitrogens is 2. The first-order valence-electron chi connectivity index (χ1n) is 5.53. The van der Waals surface area contributed by atoms with Gasteiger partial charge in [0.1, 0.15) is 10.7 Å². The quantitative estimate of drug-likeness (QED) is 0.842. The number of thiocarbonyl (C=S) groups is 1. The topological polar surface area (TPSA) is 63.8 Å². The predicted molar refractivity (Wildman–Crippen MR) is 77.7 cm³/mol. The first-order valence-corrected chi connectivity index (χ1v) is 6.32. The zero-order chi connectivity index (χ0) is 15.6. The standard InChI is InChI=1S/C12H8ClF3N4S/c13-6-1-2-8(7(5-6)12(14,15)16)20-11-9(10(17)21)18-3-4-19-11/h1-5H,(H2,17,21)(H,19,20). The van der Waals surface area contributed by atoms with Crippen LogP contribution in [0.4, 0.5) is 24.7 Å². The van der Waals surface area contributed by atoms with Crippen molar-refractivity contribution in [1.82, 2.24) is 9.97 Å². The molecule has 1 aromatic carbocycles. The highest BCUT2D eigenvalue weighted by atomic mass is 35.5. The number of nitrogens with two attached hydrogens (primary N) is 1. The fourth-order valence-electron chi connectivity index (χ4n) is 1.60. The van der Waals surface area contributed by atoms with Gasteiger partial charge >= 0.3 is 6.18 Å². The lowest BCUT2D eigenvalue weighted by Gasteiger charge is -2.15. The molecule has 0 aliphatic heterocycles. The number of halogens is 4. The Balaban J connectivity index is 2.48. The molecule has 0 radical (unpaired) electrons. The molecule has 1 aromatic heterocycles. The van der Waals surface area contributed by atoms with Crippen molar-refractivity contribution in [3.63, 3.8) is 0 Å². The summed E-state index contributed by atoms with van der Waals surface area (Å²) in [6.45, 7) is 0. The van der Waals surface area contributed by atoms with Gasteiger partial charge in [-0.2, -0.15) is 13.2 Å². The van der Waals surface area contributed by atoms with E-state index in [1.807, 2.05) is 0 Å². The van der Waals surface area contributed by atoms with Crippen molar-refractivity contribution in [2.45, 2.75) is 6.18 Å². The van der Waals surface area contributed by atoms with E-state index >= 15 is 0 Å². The van der Waals surface area contributed by atoms with Crippen LogP contribution in [0.1, 0.15) is 11.3 Å². The maximum absolute atomic E-state index is 13.0. The molecule has 110 valence electrons. The minimum atomic E-state index is -4.57. The van der Waals surface area contributed by atoms with E-state index in [1.54, 1.807) is 0 Å². The molecule has 9 heteroatoms. The summed E-state index contributed by atoms with van der Waals surface area (Å²) in [5.41, 5.74) is 4.43. The minimum absolute atomic E-state index is 0.0263. The molecule has 0 fully saturated rings. The first-order chi connectivity index (χ1) is 9.79. The summed E-state index contributed by atoms with van der Waals surface area (Å²) in [6.07, 6.45) is -1.92. The van der Waals surface area contributed by atoms with Crippen molar-refractivity contribution in [2.24, 2.45) is 5.73 Å². The summed E-state index contributed by atoms with van der Waals surface area (Å²) in [5.74, 6) is 0.0397. The van der Waals surface area contributed by atoms with Crippen molar-refractivity contribution >= 4 is 40.3 Å². The van der Waals surface area contributed by atoms with Gasteiger partial charge in [-0.3, -0.25) is 0 Å². The molecule has 0 amide bonds. The van der Waals surface area contributed by atoms with E-state index in [0.717, 1.165) is 6.07 Å². The molecule has 0 aliphatic rings. The number of nitrogens with zero attached hydrogens (tertiary/aromatic N) is 2. The maximum atomic E-state index is 13.0. The monoisotopic (exact) mass is 332 g/mol. The van der Waals surface area contributed by atoms with Crippen molar-refractivity contribution in [3.05, 3.63) is 46.9 Å². The van der Waals surface area contributed by atoms with Gasteiger partial charge in [-0.25, -0.2) is 9.97 Å². The second-order valence-electron chi connectivity index (χ2n) is 3.93. The molecule has 0 atom stereocenters. The Morgan fingerprint density at radius 2 is 1.90 bits per heavy atom. The highest BCUT2D eigenvalue weighted by molar-refractivity contribution is 7.80. The number of hydrogen-bond acceptors (Lipinski definition) is 4. The molecule has 0 saturated heterocycles. The largest absolute Gasteiger partial charge is 0.418 e. The molecule has 0 bridgehead atoms. The van der Waals surface area contributed by atoms with E-state index in [-0.39, 0.29) is 27.2 Å². The SMILES string of the molecule is NC(=S)c1nccnc1Nc1ccc(Cl)cc1C(F)(F)F. The Labute approximate surface area is 128 Å². The smallest absolute Gasteiger partial charge is 0.388 e. The number of benzene rings is 1. The average molecular weight is 333 g/mol. The summed E-state index contributed by atoms with van der Waals surface area (Å²) in [5, 5.41) is 2.51. The Hall–Kier alpha value is -1.93. The molecule has 3 N–H and O–H groups in total. The van der Waals surface area contributed by atoms with Crippen LogP contribution in [0.2, 0.25) is 5.02 Å². The molecule has 0 spiro atoms. The molecule has 0 unspecified atom stereocenters.